The van der Waals surface area contributed by atoms with E-state index in [0.717, 1.165) is 51.5 Å². The Kier molecular flexibility index (Phi) is 3.27. The van der Waals surface area contributed by atoms with Crippen LogP contribution in [0.4, 0.5) is 0 Å². The third-order valence-corrected chi connectivity index (χ3v) is 3.99. The predicted molar refractivity (Wildman–Crippen MR) is 71.3 cm³/mol. The highest BCUT2D eigenvalue weighted by Gasteiger charge is 2.40. The molecule has 0 atom stereocenters. The van der Waals surface area contributed by atoms with E-state index in [1.54, 1.807) is 0 Å². The third-order valence-electron chi connectivity index (χ3n) is 3.99. The van der Waals surface area contributed by atoms with Crippen LogP contribution in [0.25, 0.3) is 0 Å². The molecule has 0 amide bonds. The molecule has 2 aliphatic heterocycles. The SMILES string of the molecule is CCNCC1(c2ccc3c(c2)CCCO3)COC1. The van der Waals surface area contributed by atoms with E-state index in [1.165, 1.54) is 11.1 Å². The fourth-order valence-corrected chi connectivity index (χ4v) is 2.77. The molecule has 1 saturated heterocycles. The van der Waals surface area contributed by atoms with Gasteiger partial charge in [0.1, 0.15) is 5.75 Å². The molecule has 0 bridgehead atoms. The first-order chi connectivity index (χ1) is 8.84. The Balaban J connectivity index is 1.86. The van der Waals surface area contributed by atoms with E-state index in [4.69, 9.17) is 9.47 Å². The molecule has 0 saturated carbocycles. The fraction of sp³-hybridized carbons (Fsp3) is 0.600. The first-order valence-electron chi connectivity index (χ1n) is 6.89. The summed E-state index contributed by atoms with van der Waals surface area (Å²) in [4.78, 5) is 0. The Hall–Kier alpha value is -1.06. The average molecular weight is 247 g/mol. The summed E-state index contributed by atoms with van der Waals surface area (Å²) in [6.45, 7) is 6.68. The molecule has 98 valence electrons. The van der Waals surface area contributed by atoms with Crippen molar-refractivity contribution in [2.45, 2.75) is 25.2 Å². The summed E-state index contributed by atoms with van der Waals surface area (Å²) in [6, 6.07) is 6.67. The molecule has 18 heavy (non-hydrogen) atoms. The van der Waals surface area contributed by atoms with Gasteiger partial charge in [0, 0.05) is 6.54 Å². The van der Waals surface area contributed by atoms with Gasteiger partial charge in [0.15, 0.2) is 0 Å². The molecule has 0 spiro atoms. The summed E-state index contributed by atoms with van der Waals surface area (Å²) in [6.07, 6.45) is 2.27. The normalized spacial score (nSPS) is 20.7. The maximum atomic E-state index is 5.68. The van der Waals surface area contributed by atoms with Gasteiger partial charge in [0.2, 0.25) is 0 Å². The Morgan fingerprint density at radius 1 is 1.33 bits per heavy atom. The number of likely N-dealkylation sites (N-methyl/N-ethyl adjacent to an activating group) is 1. The number of rotatable bonds is 4. The maximum Gasteiger partial charge on any atom is 0.122 e. The Bertz CT molecular complexity index is 427. The highest BCUT2D eigenvalue weighted by Crippen LogP contribution is 2.35. The van der Waals surface area contributed by atoms with E-state index in [2.05, 4.69) is 30.4 Å². The van der Waals surface area contributed by atoms with Gasteiger partial charge in [-0.1, -0.05) is 19.1 Å². The average Bonchev–Trinajstić information content (AvgIpc) is 2.37. The lowest BCUT2D eigenvalue weighted by molar-refractivity contribution is -0.0588. The molecule has 0 aromatic heterocycles. The van der Waals surface area contributed by atoms with Crippen LogP contribution in [-0.4, -0.2) is 32.9 Å². The second-order valence-electron chi connectivity index (χ2n) is 5.33. The van der Waals surface area contributed by atoms with Gasteiger partial charge in [0.25, 0.3) is 0 Å². The molecule has 3 rings (SSSR count). The molecule has 1 aromatic carbocycles. The second kappa shape index (κ2) is 4.90. The molecule has 0 unspecified atom stereocenters. The molecule has 1 aromatic rings. The third kappa shape index (κ3) is 2.02. The second-order valence-corrected chi connectivity index (χ2v) is 5.33. The van der Waals surface area contributed by atoms with E-state index in [1.807, 2.05) is 0 Å². The predicted octanol–water partition coefficient (Wildman–Crippen LogP) is 1.89. The van der Waals surface area contributed by atoms with E-state index in [-0.39, 0.29) is 5.41 Å². The van der Waals surface area contributed by atoms with Gasteiger partial charge in [-0.2, -0.15) is 0 Å². The van der Waals surface area contributed by atoms with Crippen molar-refractivity contribution in [1.29, 1.82) is 0 Å². The first-order valence-corrected chi connectivity index (χ1v) is 6.89. The van der Waals surface area contributed by atoms with Gasteiger partial charge in [-0.05, 0) is 36.6 Å². The highest BCUT2D eigenvalue weighted by atomic mass is 16.5. The van der Waals surface area contributed by atoms with Gasteiger partial charge in [-0.25, -0.2) is 0 Å². The molecule has 0 aliphatic carbocycles. The van der Waals surface area contributed by atoms with Gasteiger partial charge in [-0.15, -0.1) is 0 Å². The first kappa shape index (κ1) is 12.0. The standard InChI is InChI=1S/C15H21NO2/c1-2-16-9-15(10-17-11-15)13-5-6-14-12(8-13)4-3-7-18-14/h5-6,8,16H,2-4,7,9-11H2,1H3. The van der Waals surface area contributed by atoms with Crippen LogP contribution in [0.5, 0.6) is 5.75 Å². The number of hydrogen-bond donors (Lipinski definition) is 1. The van der Waals surface area contributed by atoms with Crippen molar-refractivity contribution in [3.63, 3.8) is 0 Å². The van der Waals surface area contributed by atoms with Crippen LogP contribution in [0.15, 0.2) is 18.2 Å². The van der Waals surface area contributed by atoms with E-state index >= 15 is 0 Å². The number of nitrogens with one attached hydrogen (secondary N) is 1. The number of aryl methyl sites for hydroxylation is 1. The molecular formula is C15H21NO2. The Labute approximate surface area is 108 Å². The van der Waals surface area contributed by atoms with Gasteiger partial charge < -0.3 is 14.8 Å². The van der Waals surface area contributed by atoms with Gasteiger partial charge in [0.05, 0.1) is 25.2 Å². The van der Waals surface area contributed by atoms with Crippen molar-refractivity contribution in [1.82, 2.24) is 5.32 Å². The smallest absolute Gasteiger partial charge is 0.122 e. The van der Waals surface area contributed by atoms with Crippen LogP contribution in [0, 0.1) is 0 Å². The van der Waals surface area contributed by atoms with Crippen LogP contribution in [0.3, 0.4) is 0 Å². The Morgan fingerprint density at radius 3 is 2.94 bits per heavy atom. The lowest BCUT2D eigenvalue weighted by Crippen LogP contribution is -2.53. The summed E-state index contributed by atoms with van der Waals surface area (Å²) < 4.78 is 11.1. The molecule has 2 aliphatic rings. The minimum Gasteiger partial charge on any atom is -0.493 e. The van der Waals surface area contributed by atoms with Crippen LogP contribution >= 0.6 is 0 Å². The molecule has 3 heteroatoms. The summed E-state index contributed by atoms with van der Waals surface area (Å²) in [7, 11) is 0. The van der Waals surface area contributed by atoms with Crippen molar-refractivity contribution in [2.24, 2.45) is 0 Å². The number of ether oxygens (including phenoxy) is 2. The zero-order valence-corrected chi connectivity index (χ0v) is 11.0. The fourth-order valence-electron chi connectivity index (χ4n) is 2.77. The summed E-state index contributed by atoms with van der Waals surface area (Å²) in [5, 5.41) is 3.46. The lowest BCUT2D eigenvalue weighted by Gasteiger charge is -2.42. The lowest BCUT2D eigenvalue weighted by atomic mass is 9.77. The molecule has 1 fully saturated rings. The zero-order chi connectivity index (χ0) is 12.4. The monoisotopic (exact) mass is 247 g/mol. The van der Waals surface area contributed by atoms with Crippen LogP contribution in [0.2, 0.25) is 0 Å². The zero-order valence-electron chi connectivity index (χ0n) is 11.0. The number of hydrogen-bond acceptors (Lipinski definition) is 3. The minimum absolute atomic E-state index is 0.183. The molecule has 1 N–H and O–H groups in total. The van der Waals surface area contributed by atoms with Crippen LogP contribution in [-0.2, 0) is 16.6 Å². The van der Waals surface area contributed by atoms with E-state index in [0.29, 0.717) is 0 Å². The summed E-state index contributed by atoms with van der Waals surface area (Å²) in [5.74, 6) is 1.07. The largest absolute Gasteiger partial charge is 0.493 e. The van der Waals surface area contributed by atoms with Crippen molar-refractivity contribution >= 4 is 0 Å². The molecule has 3 nitrogen and oxygen atoms in total. The van der Waals surface area contributed by atoms with Gasteiger partial charge in [-0.3, -0.25) is 0 Å². The minimum atomic E-state index is 0.183. The van der Waals surface area contributed by atoms with Crippen molar-refractivity contribution < 1.29 is 9.47 Å². The molecule has 2 heterocycles. The van der Waals surface area contributed by atoms with Crippen LogP contribution < -0.4 is 10.1 Å². The van der Waals surface area contributed by atoms with Crippen LogP contribution in [0.1, 0.15) is 24.5 Å². The van der Waals surface area contributed by atoms with E-state index in [9.17, 15) is 0 Å². The number of fused-ring (bicyclic) bond motifs is 1. The van der Waals surface area contributed by atoms with Crippen molar-refractivity contribution in [3.05, 3.63) is 29.3 Å². The van der Waals surface area contributed by atoms with Crippen molar-refractivity contribution in [2.75, 3.05) is 32.9 Å². The molecular weight excluding hydrogens is 226 g/mol. The quantitative estimate of drug-likeness (QED) is 0.881. The summed E-state index contributed by atoms with van der Waals surface area (Å²) >= 11 is 0. The number of benzene rings is 1. The molecule has 0 radical (unpaired) electrons. The van der Waals surface area contributed by atoms with Gasteiger partial charge >= 0.3 is 0 Å². The summed E-state index contributed by atoms with van der Waals surface area (Å²) in [5.41, 5.74) is 2.95. The van der Waals surface area contributed by atoms with Crippen molar-refractivity contribution in [3.8, 4) is 5.75 Å². The van der Waals surface area contributed by atoms with E-state index < -0.39 is 0 Å². The Morgan fingerprint density at radius 2 is 2.22 bits per heavy atom. The topological polar surface area (TPSA) is 30.5 Å². The maximum absolute atomic E-state index is 5.68. The highest BCUT2D eigenvalue weighted by molar-refractivity contribution is 5.42.